The number of benzene rings is 2. The van der Waals surface area contributed by atoms with E-state index in [0.29, 0.717) is 0 Å². The van der Waals surface area contributed by atoms with E-state index in [4.69, 9.17) is 0 Å². The van der Waals surface area contributed by atoms with Crippen LogP contribution in [-0.2, 0) is 7.05 Å². The van der Waals surface area contributed by atoms with Gasteiger partial charge < -0.3 is 4.57 Å². The smallest absolute Gasteiger partial charge is 0.258 e. The molecule has 0 fully saturated rings. The van der Waals surface area contributed by atoms with Crippen LogP contribution in [0.3, 0.4) is 0 Å². The summed E-state index contributed by atoms with van der Waals surface area (Å²) in [5.74, 6) is 0. The molecule has 4 rings (SSSR count). The first-order chi connectivity index (χ1) is 9.77. The van der Waals surface area contributed by atoms with Gasteiger partial charge in [0.25, 0.3) is 5.56 Å². The molecule has 0 saturated heterocycles. The number of pyridine rings is 2. The van der Waals surface area contributed by atoms with E-state index in [0.717, 1.165) is 32.6 Å². The molecule has 0 atom stereocenters. The molecule has 3 heteroatoms. The molecule has 2 heterocycles. The van der Waals surface area contributed by atoms with Crippen LogP contribution in [0.25, 0.3) is 32.6 Å². The van der Waals surface area contributed by atoms with Crippen LogP contribution >= 0.6 is 0 Å². The van der Waals surface area contributed by atoms with Gasteiger partial charge in [0.05, 0.1) is 11.0 Å². The molecule has 0 aliphatic rings. The highest BCUT2D eigenvalue weighted by Crippen LogP contribution is 2.28. The second-order valence-electron chi connectivity index (χ2n) is 4.94. The highest BCUT2D eigenvalue weighted by molar-refractivity contribution is 6.17. The zero-order chi connectivity index (χ0) is 13.7. The van der Waals surface area contributed by atoms with Crippen LogP contribution < -0.4 is 5.56 Å². The van der Waals surface area contributed by atoms with Crippen LogP contribution in [0.2, 0.25) is 0 Å². The molecule has 20 heavy (non-hydrogen) atoms. The molecule has 0 bridgehead atoms. The Morgan fingerprint density at radius 3 is 2.60 bits per heavy atom. The fourth-order valence-corrected chi connectivity index (χ4v) is 2.86. The Bertz CT molecular complexity index is 1030. The van der Waals surface area contributed by atoms with Crippen molar-refractivity contribution in [2.75, 3.05) is 0 Å². The van der Waals surface area contributed by atoms with Crippen LogP contribution in [0.15, 0.2) is 59.5 Å². The molecule has 2 aromatic heterocycles. The average molecular weight is 260 g/mol. The molecule has 4 aromatic rings. The van der Waals surface area contributed by atoms with Gasteiger partial charge >= 0.3 is 0 Å². The van der Waals surface area contributed by atoms with E-state index < -0.39 is 0 Å². The summed E-state index contributed by atoms with van der Waals surface area (Å²) in [6.07, 6.45) is 1.79. The van der Waals surface area contributed by atoms with Gasteiger partial charge in [-0.2, -0.15) is 0 Å². The number of aryl methyl sites for hydroxylation is 1. The first-order valence-electron chi connectivity index (χ1n) is 6.52. The topological polar surface area (TPSA) is 34.9 Å². The molecule has 2 aromatic carbocycles. The minimum Gasteiger partial charge on any atom is -0.311 e. The zero-order valence-electron chi connectivity index (χ0n) is 11.0. The molecule has 96 valence electrons. The predicted molar refractivity (Wildman–Crippen MR) is 82.0 cm³/mol. The van der Waals surface area contributed by atoms with Gasteiger partial charge in [0.15, 0.2) is 0 Å². The molecule has 0 amide bonds. The molecule has 0 aliphatic heterocycles. The quantitative estimate of drug-likeness (QED) is 0.455. The van der Waals surface area contributed by atoms with Gasteiger partial charge in [-0.15, -0.1) is 0 Å². The summed E-state index contributed by atoms with van der Waals surface area (Å²) in [6.45, 7) is 0. The monoisotopic (exact) mass is 260 g/mol. The number of fused-ring (bicyclic) bond motifs is 5. The average Bonchev–Trinajstić information content (AvgIpc) is 2.51. The van der Waals surface area contributed by atoms with Crippen LogP contribution in [0.4, 0.5) is 0 Å². The lowest BCUT2D eigenvalue weighted by molar-refractivity contribution is 0.919. The molecule has 0 radical (unpaired) electrons. The van der Waals surface area contributed by atoms with Gasteiger partial charge in [-0.05, 0) is 23.6 Å². The van der Waals surface area contributed by atoms with Crippen LogP contribution in [0.1, 0.15) is 0 Å². The maximum absolute atomic E-state index is 12.4. The Balaban J connectivity index is 2.46. The van der Waals surface area contributed by atoms with Gasteiger partial charge in [-0.25, -0.2) is 0 Å². The lowest BCUT2D eigenvalue weighted by atomic mass is 10.0. The molecule has 0 unspecified atom stereocenters. The van der Waals surface area contributed by atoms with Crippen molar-refractivity contribution in [2.45, 2.75) is 0 Å². The Labute approximate surface area is 115 Å². The predicted octanol–water partition coefficient (Wildman–Crippen LogP) is 3.24. The maximum atomic E-state index is 12.4. The van der Waals surface area contributed by atoms with Crippen LogP contribution in [0, 0.1) is 0 Å². The van der Waals surface area contributed by atoms with Crippen molar-refractivity contribution in [1.82, 2.24) is 9.55 Å². The van der Waals surface area contributed by atoms with Gasteiger partial charge in [-0.1, -0.05) is 30.3 Å². The van der Waals surface area contributed by atoms with E-state index in [-0.39, 0.29) is 5.56 Å². The highest BCUT2D eigenvalue weighted by Gasteiger charge is 2.11. The van der Waals surface area contributed by atoms with E-state index in [1.54, 1.807) is 10.8 Å². The SMILES string of the molecule is Cn1c(=O)c2ccccc2c2c3ncccc3ccc21. The van der Waals surface area contributed by atoms with Gasteiger partial charge in [0.2, 0.25) is 0 Å². The molecule has 0 aliphatic carbocycles. The van der Waals surface area contributed by atoms with Crippen molar-refractivity contribution in [1.29, 1.82) is 0 Å². The van der Waals surface area contributed by atoms with E-state index in [2.05, 4.69) is 4.98 Å². The highest BCUT2D eigenvalue weighted by atomic mass is 16.1. The van der Waals surface area contributed by atoms with Crippen molar-refractivity contribution >= 4 is 32.6 Å². The normalized spacial score (nSPS) is 11.4. The Kier molecular flexibility index (Phi) is 2.18. The largest absolute Gasteiger partial charge is 0.311 e. The van der Waals surface area contributed by atoms with Crippen molar-refractivity contribution < 1.29 is 0 Å². The lowest BCUT2D eigenvalue weighted by Gasteiger charge is -2.10. The summed E-state index contributed by atoms with van der Waals surface area (Å²) < 4.78 is 1.70. The summed E-state index contributed by atoms with van der Waals surface area (Å²) in [6, 6.07) is 15.7. The fraction of sp³-hybridized carbons (Fsp3) is 0.0588. The van der Waals surface area contributed by atoms with Gasteiger partial charge in [0, 0.05) is 29.4 Å². The van der Waals surface area contributed by atoms with Gasteiger partial charge in [0.1, 0.15) is 0 Å². The number of aromatic nitrogens is 2. The van der Waals surface area contributed by atoms with Crippen molar-refractivity contribution in [3.63, 3.8) is 0 Å². The summed E-state index contributed by atoms with van der Waals surface area (Å²) >= 11 is 0. The van der Waals surface area contributed by atoms with Crippen molar-refractivity contribution in [2.24, 2.45) is 7.05 Å². The van der Waals surface area contributed by atoms with E-state index in [1.165, 1.54) is 0 Å². The van der Waals surface area contributed by atoms with E-state index in [1.807, 2.05) is 55.6 Å². The zero-order valence-corrected chi connectivity index (χ0v) is 11.0. The van der Waals surface area contributed by atoms with Crippen LogP contribution in [-0.4, -0.2) is 9.55 Å². The third-order valence-electron chi connectivity index (χ3n) is 3.85. The second-order valence-corrected chi connectivity index (χ2v) is 4.94. The van der Waals surface area contributed by atoms with Crippen molar-refractivity contribution in [3.05, 3.63) is 65.1 Å². The Morgan fingerprint density at radius 2 is 1.75 bits per heavy atom. The first-order valence-corrected chi connectivity index (χ1v) is 6.52. The molecule has 0 saturated carbocycles. The lowest BCUT2D eigenvalue weighted by Crippen LogP contribution is -2.17. The Hall–Kier alpha value is -2.68. The second kappa shape index (κ2) is 3.90. The maximum Gasteiger partial charge on any atom is 0.258 e. The standard InChI is InChI=1S/C17H12N2O/c1-19-14-9-8-11-5-4-10-18-16(11)15(14)12-6-2-3-7-13(12)17(19)20/h2-10H,1H3. The molecule has 3 nitrogen and oxygen atoms in total. The fourth-order valence-electron chi connectivity index (χ4n) is 2.86. The number of hydrogen-bond acceptors (Lipinski definition) is 2. The van der Waals surface area contributed by atoms with Crippen molar-refractivity contribution in [3.8, 4) is 0 Å². The third-order valence-corrected chi connectivity index (χ3v) is 3.85. The number of rotatable bonds is 0. The first kappa shape index (κ1) is 11.2. The molecular formula is C17H12N2O. The minimum absolute atomic E-state index is 0.0309. The van der Waals surface area contributed by atoms with E-state index >= 15 is 0 Å². The third kappa shape index (κ3) is 1.35. The van der Waals surface area contributed by atoms with Crippen LogP contribution in [0.5, 0.6) is 0 Å². The molecule has 0 spiro atoms. The summed E-state index contributed by atoms with van der Waals surface area (Å²) in [5, 5.41) is 3.83. The number of nitrogens with zero attached hydrogens (tertiary/aromatic N) is 2. The molecule has 0 N–H and O–H groups in total. The molecular weight excluding hydrogens is 248 g/mol. The van der Waals surface area contributed by atoms with E-state index in [9.17, 15) is 4.79 Å². The summed E-state index contributed by atoms with van der Waals surface area (Å²) in [5.41, 5.74) is 1.89. The summed E-state index contributed by atoms with van der Waals surface area (Å²) in [4.78, 5) is 16.9. The number of hydrogen-bond donors (Lipinski definition) is 0. The van der Waals surface area contributed by atoms with Gasteiger partial charge in [-0.3, -0.25) is 9.78 Å². The summed E-state index contributed by atoms with van der Waals surface area (Å²) in [7, 11) is 1.81. The minimum atomic E-state index is 0.0309. The Morgan fingerprint density at radius 1 is 0.950 bits per heavy atom.